The first-order chi connectivity index (χ1) is 11.6. The lowest BCUT2D eigenvalue weighted by molar-refractivity contribution is 0.414. The van der Waals surface area contributed by atoms with E-state index in [1.54, 1.807) is 14.2 Å². The van der Waals surface area contributed by atoms with E-state index in [0.29, 0.717) is 12.1 Å². The summed E-state index contributed by atoms with van der Waals surface area (Å²) in [5.41, 5.74) is 2.48. The van der Waals surface area contributed by atoms with Crippen LogP contribution >= 0.6 is 0 Å². The monoisotopic (exact) mass is 326 g/mol. The lowest BCUT2D eigenvalue weighted by Gasteiger charge is -2.35. The molecule has 24 heavy (non-hydrogen) atoms. The summed E-state index contributed by atoms with van der Waals surface area (Å²) in [4.78, 5) is 4.96. The summed E-state index contributed by atoms with van der Waals surface area (Å²) >= 11 is 0. The van der Waals surface area contributed by atoms with Crippen LogP contribution < -0.4 is 19.3 Å². The van der Waals surface area contributed by atoms with Crippen molar-refractivity contribution in [3.8, 4) is 11.5 Å². The highest BCUT2D eigenvalue weighted by Crippen LogP contribution is 2.33. The van der Waals surface area contributed by atoms with Crippen LogP contribution in [0.15, 0.2) is 48.5 Å². The molecule has 4 nitrogen and oxygen atoms in total. The fourth-order valence-electron chi connectivity index (χ4n) is 3.48. The van der Waals surface area contributed by atoms with Crippen LogP contribution in [0.2, 0.25) is 0 Å². The van der Waals surface area contributed by atoms with E-state index in [1.807, 2.05) is 24.3 Å². The normalized spacial score (nSPS) is 15.2. The third-order valence-electron chi connectivity index (χ3n) is 4.62. The molecule has 0 bridgehead atoms. The van der Waals surface area contributed by atoms with Gasteiger partial charge in [-0.25, -0.2) is 0 Å². The van der Waals surface area contributed by atoms with Crippen molar-refractivity contribution in [1.29, 1.82) is 0 Å². The van der Waals surface area contributed by atoms with Gasteiger partial charge in [0.2, 0.25) is 0 Å². The predicted molar refractivity (Wildman–Crippen MR) is 99.3 cm³/mol. The van der Waals surface area contributed by atoms with Crippen molar-refractivity contribution in [1.82, 2.24) is 0 Å². The Hall–Kier alpha value is -2.36. The van der Waals surface area contributed by atoms with Crippen LogP contribution in [0.4, 0.5) is 11.4 Å². The van der Waals surface area contributed by atoms with Gasteiger partial charge in [0.15, 0.2) is 0 Å². The molecule has 0 N–H and O–H groups in total. The molecule has 1 aliphatic rings. The number of rotatable bonds is 5. The van der Waals surface area contributed by atoms with Gasteiger partial charge in [0.25, 0.3) is 0 Å². The van der Waals surface area contributed by atoms with Gasteiger partial charge in [-0.2, -0.15) is 0 Å². The van der Waals surface area contributed by atoms with Gasteiger partial charge in [0.1, 0.15) is 17.7 Å². The van der Waals surface area contributed by atoms with Crippen LogP contribution in [0.5, 0.6) is 11.5 Å². The van der Waals surface area contributed by atoms with Gasteiger partial charge in [-0.1, -0.05) is 13.8 Å². The Morgan fingerprint density at radius 3 is 1.42 bits per heavy atom. The lowest BCUT2D eigenvalue weighted by atomic mass is 10.1. The van der Waals surface area contributed by atoms with Crippen LogP contribution in [0.3, 0.4) is 0 Å². The molecular formula is C20H26N2O2. The van der Waals surface area contributed by atoms with Gasteiger partial charge in [0, 0.05) is 24.5 Å². The number of ether oxygens (including phenoxy) is 2. The minimum absolute atomic E-state index is 0.340. The van der Waals surface area contributed by atoms with Gasteiger partial charge in [-0.3, -0.25) is 0 Å². The van der Waals surface area contributed by atoms with E-state index in [1.165, 1.54) is 11.4 Å². The fourth-order valence-corrected chi connectivity index (χ4v) is 3.48. The molecule has 0 atom stereocenters. The molecule has 1 saturated heterocycles. The molecule has 0 unspecified atom stereocenters. The molecule has 1 heterocycles. The van der Waals surface area contributed by atoms with Crippen LogP contribution in [-0.2, 0) is 0 Å². The molecule has 2 aromatic carbocycles. The maximum Gasteiger partial charge on any atom is 0.119 e. The SMILES string of the molecule is COc1ccc(N2CCN(c3ccc(OC)cc3)C2C(C)C)cc1. The third-order valence-corrected chi connectivity index (χ3v) is 4.62. The Morgan fingerprint density at radius 1 is 0.750 bits per heavy atom. The molecule has 4 heteroatoms. The molecule has 0 spiro atoms. The Balaban J connectivity index is 1.86. The fraction of sp³-hybridized carbons (Fsp3) is 0.400. The highest BCUT2D eigenvalue weighted by Gasteiger charge is 2.34. The Labute approximate surface area is 144 Å². The molecule has 3 rings (SSSR count). The van der Waals surface area contributed by atoms with Gasteiger partial charge in [0.05, 0.1) is 14.2 Å². The third kappa shape index (κ3) is 3.14. The largest absolute Gasteiger partial charge is 0.497 e. The Bertz CT molecular complexity index is 597. The molecule has 0 aromatic heterocycles. The summed E-state index contributed by atoms with van der Waals surface area (Å²) in [5, 5.41) is 0. The topological polar surface area (TPSA) is 24.9 Å². The van der Waals surface area contributed by atoms with E-state index in [4.69, 9.17) is 9.47 Å². The van der Waals surface area contributed by atoms with E-state index in [-0.39, 0.29) is 0 Å². The molecule has 2 aromatic rings. The highest BCUT2D eigenvalue weighted by molar-refractivity contribution is 5.58. The smallest absolute Gasteiger partial charge is 0.119 e. The summed E-state index contributed by atoms with van der Waals surface area (Å²) < 4.78 is 10.6. The van der Waals surface area contributed by atoms with Crippen molar-refractivity contribution in [2.24, 2.45) is 5.92 Å². The highest BCUT2D eigenvalue weighted by atomic mass is 16.5. The summed E-state index contributed by atoms with van der Waals surface area (Å²) in [6.45, 7) is 6.59. The van der Waals surface area contributed by atoms with Gasteiger partial charge in [-0.15, -0.1) is 0 Å². The summed E-state index contributed by atoms with van der Waals surface area (Å²) in [6, 6.07) is 16.7. The summed E-state index contributed by atoms with van der Waals surface area (Å²) in [7, 11) is 3.40. The first-order valence-corrected chi connectivity index (χ1v) is 8.45. The molecule has 0 aliphatic carbocycles. The van der Waals surface area contributed by atoms with E-state index < -0.39 is 0 Å². The number of hydrogen-bond acceptors (Lipinski definition) is 4. The minimum atomic E-state index is 0.340. The Morgan fingerprint density at radius 2 is 1.12 bits per heavy atom. The van der Waals surface area contributed by atoms with Crippen LogP contribution in [0, 0.1) is 5.92 Å². The van der Waals surface area contributed by atoms with Crippen LogP contribution in [-0.4, -0.2) is 33.5 Å². The van der Waals surface area contributed by atoms with Crippen molar-refractivity contribution in [2.75, 3.05) is 37.1 Å². The molecule has 128 valence electrons. The van der Waals surface area contributed by atoms with Crippen molar-refractivity contribution >= 4 is 11.4 Å². The maximum atomic E-state index is 5.28. The number of benzene rings is 2. The summed E-state index contributed by atoms with van der Waals surface area (Å²) in [5.74, 6) is 2.30. The quantitative estimate of drug-likeness (QED) is 0.829. The van der Waals surface area contributed by atoms with Crippen molar-refractivity contribution < 1.29 is 9.47 Å². The summed E-state index contributed by atoms with van der Waals surface area (Å²) in [6.07, 6.45) is 0.340. The average molecular weight is 326 g/mol. The van der Waals surface area contributed by atoms with Gasteiger partial charge in [-0.05, 0) is 54.4 Å². The van der Waals surface area contributed by atoms with Crippen LogP contribution in [0.25, 0.3) is 0 Å². The molecule has 0 saturated carbocycles. The minimum Gasteiger partial charge on any atom is -0.497 e. The Kier molecular flexibility index (Phi) is 4.84. The first-order valence-electron chi connectivity index (χ1n) is 8.45. The number of methoxy groups -OCH3 is 2. The van der Waals surface area contributed by atoms with E-state index in [0.717, 1.165) is 24.6 Å². The number of nitrogens with zero attached hydrogens (tertiary/aromatic N) is 2. The zero-order chi connectivity index (χ0) is 17.1. The number of anilines is 2. The zero-order valence-electron chi connectivity index (χ0n) is 14.9. The lowest BCUT2D eigenvalue weighted by Crippen LogP contribution is -2.43. The predicted octanol–water partition coefficient (Wildman–Crippen LogP) is 4.01. The van der Waals surface area contributed by atoms with Crippen LogP contribution in [0.1, 0.15) is 13.8 Å². The van der Waals surface area contributed by atoms with Crippen molar-refractivity contribution in [3.63, 3.8) is 0 Å². The molecule has 0 radical (unpaired) electrons. The zero-order valence-corrected chi connectivity index (χ0v) is 14.9. The number of hydrogen-bond donors (Lipinski definition) is 0. The first kappa shape index (κ1) is 16.5. The molecule has 1 aliphatic heterocycles. The molecular weight excluding hydrogens is 300 g/mol. The second kappa shape index (κ2) is 7.04. The van der Waals surface area contributed by atoms with Crippen molar-refractivity contribution in [3.05, 3.63) is 48.5 Å². The van der Waals surface area contributed by atoms with E-state index in [9.17, 15) is 0 Å². The van der Waals surface area contributed by atoms with Gasteiger partial charge >= 0.3 is 0 Å². The van der Waals surface area contributed by atoms with Crippen molar-refractivity contribution in [2.45, 2.75) is 20.0 Å². The second-order valence-electron chi connectivity index (χ2n) is 6.44. The standard InChI is InChI=1S/C20H26N2O2/c1-15(2)20-21(16-5-9-18(23-3)10-6-16)13-14-22(20)17-7-11-19(24-4)12-8-17/h5-12,15,20H,13-14H2,1-4H3. The average Bonchev–Trinajstić information content (AvgIpc) is 3.07. The van der Waals surface area contributed by atoms with E-state index in [2.05, 4.69) is 47.9 Å². The molecule has 1 fully saturated rings. The molecule has 0 amide bonds. The maximum absolute atomic E-state index is 5.28. The van der Waals surface area contributed by atoms with Gasteiger partial charge < -0.3 is 19.3 Å². The second-order valence-corrected chi connectivity index (χ2v) is 6.44. The van der Waals surface area contributed by atoms with E-state index >= 15 is 0 Å².